The van der Waals surface area contributed by atoms with E-state index in [-0.39, 0.29) is 11.6 Å². The number of nitrogens with one attached hydrogen (secondary N) is 1. The number of urea groups is 1. The predicted octanol–water partition coefficient (Wildman–Crippen LogP) is 1.75. The van der Waals surface area contributed by atoms with Crippen LogP contribution < -0.4 is 10.2 Å². The number of barbiturate groups is 1. The first-order valence-electron chi connectivity index (χ1n) is 7.65. The number of amides is 4. The maximum absolute atomic E-state index is 12.6. The van der Waals surface area contributed by atoms with Gasteiger partial charge in [-0.3, -0.25) is 19.8 Å². The summed E-state index contributed by atoms with van der Waals surface area (Å²) >= 11 is 0. The van der Waals surface area contributed by atoms with E-state index in [9.17, 15) is 14.4 Å². The minimum Gasteiger partial charge on any atom is -0.441 e. The Labute approximate surface area is 133 Å². The van der Waals surface area contributed by atoms with Crippen LogP contribution in [0.2, 0.25) is 0 Å². The number of carbonyl (C=O) groups is 3. The van der Waals surface area contributed by atoms with Gasteiger partial charge in [0, 0.05) is 26.2 Å². The number of hydrogen-bond acceptors (Lipinski definition) is 5. The summed E-state index contributed by atoms with van der Waals surface area (Å²) in [5, 5.41) is 2.24. The van der Waals surface area contributed by atoms with E-state index >= 15 is 0 Å². The second kappa shape index (κ2) is 5.91. The molecule has 3 rings (SSSR count). The summed E-state index contributed by atoms with van der Waals surface area (Å²) in [6, 6.07) is 2.67. The molecule has 1 N–H and O–H groups in total. The van der Waals surface area contributed by atoms with Crippen LogP contribution in [0.4, 0.5) is 10.7 Å². The summed E-state index contributed by atoms with van der Waals surface area (Å²) in [5.74, 6) is -0.220. The minimum absolute atomic E-state index is 0.0730. The molecule has 0 aromatic carbocycles. The fraction of sp³-hybridized carbons (Fsp3) is 0.438. The number of carbonyl (C=O) groups excluding carboxylic acids is 3. The predicted molar refractivity (Wildman–Crippen MR) is 83.7 cm³/mol. The van der Waals surface area contributed by atoms with Crippen LogP contribution in [0, 0.1) is 0 Å². The first-order chi connectivity index (χ1) is 11.0. The van der Waals surface area contributed by atoms with Crippen LogP contribution >= 0.6 is 0 Å². The van der Waals surface area contributed by atoms with Crippen LogP contribution in [-0.2, 0) is 9.59 Å². The van der Waals surface area contributed by atoms with Crippen molar-refractivity contribution in [2.24, 2.45) is 0 Å². The Hall–Kier alpha value is -2.57. The number of furan rings is 1. The Morgan fingerprint density at radius 1 is 1.22 bits per heavy atom. The van der Waals surface area contributed by atoms with Crippen molar-refractivity contribution in [2.45, 2.75) is 31.7 Å². The molecule has 0 bridgehead atoms. The normalized spacial score (nSPS) is 21.2. The third-order valence-electron chi connectivity index (χ3n) is 4.16. The van der Waals surface area contributed by atoms with E-state index < -0.39 is 17.8 Å². The third kappa shape index (κ3) is 2.86. The van der Waals surface area contributed by atoms with E-state index in [4.69, 9.17) is 4.42 Å². The molecule has 1 aliphatic carbocycles. The van der Waals surface area contributed by atoms with Crippen LogP contribution in [0.15, 0.2) is 22.1 Å². The van der Waals surface area contributed by atoms with Gasteiger partial charge in [-0.05, 0) is 25.0 Å². The molecule has 0 radical (unpaired) electrons. The molecule has 2 heterocycles. The molecule has 0 spiro atoms. The molecule has 1 aliphatic heterocycles. The molecular weight excluding hydrogens is 298 g/mol. The van der Waals surface area contributed by atoms with Gasteiger partial charge in [-0.15, -0.1) is 0 Å². The maximum Gasteiger partial charge on any atom is 0.331 e. The van der Waals surface area contributed by atoms with Gasteiger partial charge in [-0.1, -0.05) is 12.8 Å². The zero-order valence-electron chi connectivity index (χ0n) is 13.2. The molecular formula is C16H19N3O4. The average molecular weight is 317 g/mol. The second-order valence-corrected chi connectivity index (χ2v) is 6.00. The lowest BCUT2D eigenvalue weighted by molar-refractivity contribution is -0.131. The van der Waals surface area contributed by atoms with Crippen LogP contribution in [-0.4, -0.2) is 42.9 Å². The first kappa shape index (κ1) is 15.3. The van der Waals surface area contributed by atoms with Gasteiger partial charge >= 0.3 is 6.03 Å². The number of nitrogens with zero attached hydrogens (tertiary/aromatic N) is 2. The number of rotatable bonds is 3. The average Bonchev–Trinajstić information content (AvgIpc) is 3.14. The van der Waals surface area contributed by atoms with Crippen LogP contribution in [0.1, 0.15) is 31.4 Å². The molecule has 0 atom stereocenters. The van der Waals surface area contributed by atoms with E-state index in [0.29, 0.717) is 11.6 Å². The highest BCUT2D eigenvalue weighted by Crippen LogP contribution is 2.27. The largest absolute Gasteiger partial charge is 0.441 e. The standard InChI is InChI=1S/C16H19N3O4/c1-18(2)13-8-7-11(23-13)9-12-14(20)17-16(22)19(15(12)21)10-5-3-4-6-10/h7-10H,3-6H2,1-2H3,(H,17,20,22)/b12-9+. The third-order valence-corrected chi connectivity index (χ3v) is 4.16. The molecule has 2 fully saturated rings. The van der Waals surface area contributed by atoms with Gasteiger partial charge < -0.3 is 9.32 Å². The lowest BCUT2D eigenvalue weighted by atomic mass is 10.1. The van der Waals surface area contributed by atoms with Crippen molar-refractivity contribution in [3.8, 4) is 0 Å². The molecule has 1 aromatic rings. The minimum atomic E-state index is -0.683. The zero-order chi connectivity index (χ0) is 16.6. The Morgan fingerprint density at radius 3 is 2.52 bits per heavy atom. The fourth-order valence-corrected chi connectivity index (χ4v) is 2.97. The van der Waals surface area contributed by atoms with E-state index in [0.717, 1.165) is 25.7 Å². The maximum atomic E-state index is 12.6. The van der Waals surface area contributed by atoms with Crippen molar-refractivity contribution in [1.82, 2.24) is 10.2 Å². The highest BCUT2D eigenvalue weighted by Gasteiger charge is 2.40. The number of imide groups is 2. The van der Waals surface area contributed by atoms with Crippen molar-refractivity contribution in [2.75, 3.05) is 19.0 Å². The Kier molecular flexibility index (Phi) is 3.94. The molecule has 1 aromatic heterocycles. The summed E-state index contributed by atoms with van der Waals surface area (Å²) in [5.41, 5.74) is -0.0730. The highest BCUT2D eigenvalue weighted by atomic mass is 16.4. The molecule has 122 valence electrons. The Bertz CT molecular complexity index is 683. The van der Waals surface area contributed by atoms with Gasteiger partial charge in [0.1, 0.15) is 11.3 Å². The lowest BCUT2D eigenvalue weighted by Gasteiger charge is -2.30. The summed E-state index contributed by atoms with van der Waals surface area (Å²) in [6.45, 7) is 0. The van der Waals surface area contributed by atoms with Crippen molar-refractivity contribution < 1.29 is 18.8 Å². The molecule has 4 amide bonds. The monoisotopic (exact) mass is 317 g/mol. The van der Waals surface area contributed by atoms with Crippen LogP contribution in [0.25, 0.3) is 6.08 Å². The molecule has 0 unspecified atom stereocenters. The number of anilines is 1. The van der Waals surface area contributed by atoms with E-state index in [2.05, 4.69) is 5.32 Å². The van der Waals surface area contributed by atoms with E-state index in [1.54, 1.807) is 17.0 Å². The van der Waals surface area contributed by atoms with Gasteiger partial charge in [0.05, 0.1) is 0 Å². The van der Waals surface area contributed by atoms with Crippen molar-refractivity contribution in [3.05, 3.63) is 23.5 Å². The topological polar surface area (TPSA) is 82.9 Å². The quantitative estimate of drug-likeness (QED) is 0.678. The van der Waals surface area contributed by atoms with Gasteiger partial charge in [0.2, 0.25) is 0 Å². The molecule has 1 saturated carbocycles. The lowest BCUT2D eigenvalue weighted by Crippen LogP contribution is -2.57. The second-order valence-electron chi connectivity index (χ2n) is 6.00. The van der Waals surface area contributed by atoms with Gasteiger partial charge in [-0.2, -0.15) is 0 Å². The van der Waals surface area contributed by atoms with Crippen molar-refractivity contribution in [1.29, 1.82) is 0 Å². The molecule has 1 saturated heterocycles. The summed E-state index contributed by atoms with van der Waals surface area (Å²) < 4.78 is 5.55. The number of hydrogen-bond donors (Lipinski definition) is 1. The summed E-state index contributed by atoms with van der Waals surface area (Å²) in [6.07, 6.45) is 4.93. The zero-order valence-corrected chi connectivity index (χ0v) is 13.2. The summed E-state index contributed by atoms with van der Waals surface area (Å²) in [7, 11) is 3.66. The molecule has 23 heavy (non-hydrogen) atoms. The van der Waals surface area contributed by atoms with Crippen molar-refractivity contribution in [3.63, 3.8) is 0 Å². The summed E-state index contributed by atoms with van der Waals surface area (Å²) in [4.78, 5) is 39.6. The SMILES string of the molecule is CN(C)c1ccc(/C=C2\C(=O)NC(=O)N(C3CCCC3)C2=O)o1. The molecule has 7 heteroatoms. The van der Waals surface area contributed by atoms with E-state index in [1.807, 2.05) is 14.1 Å². The van der Waals surface area contributed by atoms with Crippen molar-refractivity contribution >= 4 is 29.8 Å². The van der Waals surface area contributed by atoms with Gasteiger partial charge in [0.15, 0.2) is 5.88 Å². The highest BCUT2D eigenvalue weighted by molar-refractivity contribution is 6.31. The van der Waals surface area contributed by atoms with E-state index in [1.165, 1.54) is 11.0 Å². The van der Waals surface area contributed by atoms with Gasteiger partial charge in [0.25, 0.3) is 11.8 Å². The Balaban J connectivity index is 1.89. The fourth-order valence-electron chi connectivity index (χ4n) is 2.97. The Morgan fingerprint density at radius 2 is 1.91 bits per heavy atom. The van der Waals surface area contributed by atoms with Gasteiger partial charge in [-0.25, -0.2) is 4.79 Å². The molecule has 7 nitrogen and oxygen atoms in total. The smallest absolute Gasteiger partial charge is 0.331 e. The van der Waals surface area contributed by atoms with Crippen LogP contribution in [0.3, 0.4) is 0 Å². The first-order valence-corrected chi connectivity index (χ1v) is 7.65. The molecule has 2 aliphatic rings. The van der Waals surface area contributed by atoms with Crippen LogP contribution in [0.5, 0.6) is 0 Å².